The molecule has 0 bridgehead atoms. The molecule has 6 nitrogen and oxygen atoms in total. The summed E-state index contributed by atoms with van der Waals surface area (Å²) in [6.45, 7) is 6.57. The van der Waals surface area contributed by atoms with Crippen LogP contribution in [0.1, 0.15) is 26.3 Å². The lowest BCUT2D eigenvalue weighted by atomic mass is 10.0. The number of hydrogen-bond donors (Lipinski definition) is 0. The number of amides is 2. The Kier molecular flexibility index (Phi) is 6.71. The van der Waals surface area contributed by atoms with E-state index >= 15 is 0 Å². The van der Waals surface area contributed by atoms with E-state index in [1.165, 1.54) is 19.1 Å². The summed E-state index contributed by atoms with van der Waals surface area (Å²) in [7, 11) is 0. The maximum Gasteiger partial charge on any atom is 0.309 e. The normalized spacial score (nSPS) is 16.8. The van der Waals surface area contributed by atoms with Gasteiger partial charge in [0.1, 0.15) is 5.82 Å². The summed E-state index contributed by atoms with van der Waals surface area (Å²) in [6.07, 6.45) is -0.546. The molecule has 0 aliphatic carbocycles. The van der Waals surface area contributed by atoms with E-state index in [9.17, 15) is 18.8 Å². The second-order valence-corrected chi connectivity index (χ2v) is 6.65. The van der Waals surface area contributed by atoms with Gasteiger partial charge < -0.3 is 14.5 Å². The van der Waals surface area contributed by atoms with E-state index < -0.39 is 18.0 Å². The van der Waals surface area contributed by atoms with Crippen molar-refractivity contribution in [1.29, 1.82) is 0 Å². The lowest BCUT2D eigenvalue weighted by Gasteiger charge is -2.35. The number of carbonyl (C=O) groups excluding carboxylic acids is 3. The smallest absolute Gasteiger partial charge is 0.309 e. The van der Waals surface area contributed by atoms with Crippen LogP contribution in [0.25, 0.3) is 0 Å². The van der Waals surface area contributed by atoms with Crippen molar-refractivity contribution in [3.05, 3.63) is 35.6 Å². The van der Waals surface area contributed by atoms with Gasteiger partial charge in [0.05, 0.1) is 5.92 Å². The molecule has 0 radical (unpaired) electrons. The first kappa shape index (κ1) is 19.9. The van der Waals surface area contributed by atoms with Crippen molar-refractivity contribution >= 4 is 17.8 Å². The molecular formula is C19H25FN2O4. The molecule has 1 heterocycles. The van der Waals surface area contributed by atoms with Gasteiger partial charge in [0.15, 0.2) is 6.10 Å². The van der Waals surface area contributed by atoms with E-state index in [0.29, 0.717) is 38.2 Å². The molecule has 1 aliphatic rings. The largest absolute Gasteiger partial charge is 0.452 e. The Balaban J connectivity index is 1.84. The monoisotopic (exact) mass is 364 g/mol. The van der Waals surface area contributed by atoms with Crippen LogP contribution in [0.5, 0.6) is 0 Å². The third-order valence-corrected chi connectivity index (χ3v) is 4.51. The van der Waals surface area contributed by atoms with Crippen molar-refractivity contribution in [3.8, 4) is 0 Å². The van der Waals surface area contributed by atoms with Crippen molar-refractivity contribution in [3.63, 3.8) is 0 Å². The topological polar surface area (TPSA) is 66.9 Å². The third-order valence-electron chi connectivity index (χ3n) is 4.51. The molecule has 1 aromatic rings. The molecule has 0 spiro atoms. The first-order valence-electron chi connectivity index (χ1n) is 8.77. The van der Waals surface area contributed by atoms with Crippen LogP contribution >= 0.6 is 0 Å². The second kappa shape index (κ2) is 8.78. The summed E-state index contributed by atoms with van der Waals surface area (Å²) < 4.78 is 18.5. The van der Waals surface area contributed by atoms with Crippen LogP contribution in [0.4, 0.5) is 4.39 Å². The molecule has 26 heavy (non-hydrogen) atoms. The number of rotatable bonds is 5. The predicted molar refractivity (Wildman–Crippen MR) is 93.7 cm³/mol. The van der Waals surface area contributed by atoms with Crippen molar-refractivity contribution in [2.24, 2.45) is 5.92 Å². The van der Waals surface area contributed by atoms with Gasteiger partial charge in [-0.25, -0.2) is 4.39 Å². The molecule has 2 rings (SSSR count). The van der Waals surface area contributed by atoms with Gasteiger partial charge in [-0.15, -0.1) is 0 Å². The zero-order valence-corrected chi connectivity index (χ0v) is 15.4. The third kappa shape index (κ3) is 5.28. The zero-order chi connectivity index (χ0) is 19.3. The predicted octanol–water partition coefficient (Wildman–Crippen LogP) is 1.63. The Bertz CT molecular complexity index is 671. The van der Waals surface area contributed by atoms with Crippen LogP contribution in [0, 0.1) is 11.7 Å². The highest BCUT2D eigenvalue weighted by Crippen LogP contribution is 2.14. The van der Waals surface area contributed by atoms with Gasteiger partial charge in [-0.2, -0.15) is 0 Å². The molecule has 142 valence electrons. The van der Waals surface area contributed by atoms with E-state index in [1.807, 2.05) is 0 Å². The molecule has 1 fully saturated rings. The van der Waals surface area contributed by atoms with Crippen LogP contribution in [0.3, 0.4) is 0 Å². The minimum absolute atomic E-state index is 0.0113. The minimum atomic E-state index is -0.888. The molecule has 7 heteroatoms. The zero-order valence-electron chi connectivity index (χ0n) is 15.4. The van der Waals surface area contributed by atoms with E-state index in [4.69, 9.17) is 4.74 Å². The van der Waals surface area contributed by atoms with Gasteiger partial charge >= 0.3 is 5.97 Å². The standard InChI is InChI=1S/C19H25FN2O4/c1-13(11-16-5-4-6-17(20)12-16)19(25)26-14(2)18(24)22-9-7-21(8-10-22)15(3)23/h4-6,12-14H,7-11H2,1-3H3. The summed E-state index contributed by atoms with van der Waals surface area (Å²) in [5, 5.41) is 0. The van der Waals surface area contributed by atoms with E-state index in [2.05, 4.69) is 0 Å². The number of benzene rings is 1. The number of nitrogens with zero attached hydrogens (tertiary/aromatic N) is 2. The molecule has 0 N–H and O–H groups in total. The number of esters is 1. The van der Waals surface area contributed by atoms with Gasteiger partial charge in [-0.05, 0) is 31.0 Å². The van der Waals surface area contributed by atoms with Gasteiger partial charge in [0.2, 0.25) is 5.91 Å². The van der Waals surface area contributed by atoms with Gasteiger partial charge in [0, 0.05) is 33.1 Å². The molecule has 2 amide bonds. The first-order valence-corrected chi connectivity index (χ1v) is 8.77. The van der Waals surface area contributed by atoms with E-state index in [1.54, 1.807) is 35.8 Å². The summed E-state index contributed by atoms with van der Waals surface area (Å²) in [4.78, 5) is 39.3. The summed E-state index contributed by atoms with van der Waals surface area (Å²) in [5.74, 6) is -1.60. The van der Waals surface area contributed by atoms with Crippen molar-refractivity contribution in [2.75, 3.05) is 26.2 Å². The Labute approximate surface area is 152 Å². The van der Waals surface area contributed by atoms with Crippen molar-refractivity contribution in [1.82, 2.24) is 9.80 Å². The second-order valence-electron chi connectivity index (χ2n) is 6.65. The Morgan fingerprint density at radius 1 is 1.12 bits per heavy atom. The van der Waals surface area contributed by atoms with Gasteiger partial charge in [-0.1, -0.05) is 19.1 Å². The Morgan fingerprint density at radius 3 is 2.31 bits per heavy atom. The molecule has 0 aromatic heterocycles. The molecule has 1 saturated heterocycles. The number of ether oxygens (including phenoxy) is 1. The first-order chi connectivity index (χ1) is 12.3. The van der Waals surface area contributed by atoms with Crippen LogP contribution < -0.4 is 0 Å². The Hall–Kier alpha value is -2.44. The number of hydrogen-bond acceptors (Lipinski definition) is 4. The molecule has 1 aliphatic heterocycles. The highest BCUT2D eigenvalue weighted by molar-refractivity contribution is 5.84. The number of carbonyl (C=O) groups is 3. The molecule has 2 atom stereocenters. The highest BCUT2D eigenvalue weighted by Gasteiger charge is 2.29. The molecular weight excluding hydrogens is 339 g/mol. The number of piperazine rings is 1. The lowest BCUT2D eigenvalue weighted by Crippen LogP contribution is -2.52. The quantitative estimate of drug-likeness (QED) is 0.745. The number of halogens is 1. The van der Waals surface area contributed by atoms with Crippen LogP contribution in [-0.2, 0) is 25.5 Å². The van der Waals surface area contributed by atoms with Crippen molar-refractivity contribution in [2.45, 2.75) is 33.3 Å². The van der Waals surface area contributed by atoms with Crippen LogP contribution in [-0.4, -0.2) is 59.9 Å². The average Bonchev–Trinajstić information content (AvgIpc) is 2.61. The van der Waals surface area contributed by atoms with Crippen molar-refractivity contribution < 1.29 is 23.5 Å². The van der Waals surface area contributed by atoms with Crippen LogP contribution in [0.2, 0.25) is 0 Å². The molecule has 1 aromatic carbocycles. The highest BCUT2D eigenvalue weighted by atomic mass is 19.1. The summed E-state index contributed by atoms with van der Waals surface area (Å²) in [5.41, 5.74) is 0.703. The van der Waals surface area contributed by atoms with Crippen LogP contribution in [0.15, 0.2) is 24.3 Å². The maximum absolute atomic E-state index is 13.2. The lowest BCUT2D eigenvalue weighted by molar-refractivity contribution is -0.163. The minimum Gasteiger partial charge on any atom is -0.452 e. The maximum atomic E-state index is 13.2. The molecule has 0 saturated carbocycles. The van der Waals surface area contributed by atoms with Gasteiger partial charge in [0.25, 0.3) is 5.91 Å². The Morgan fingerprint density at radius 2 is 1.73 bits per heavy atom. The SMILES string of the molecule is CC(=O)N1CCN(C(=O)C(C)OC(=O)C(C)Cc2cccc(F)c2)CC1. The average molecular weight is 364 g/mol. The molecule has 2 unspecified atom stereocenters. The fourth-order valence-corrected chi connectivity index (χ4v) is 2.94. The summed E-state index contributed by atoms with van der Waals surface area (Å²) in [6, 6.07) is 6.07. The fourth-order valence-electron chi connectivity index (χ4n) is 2.94. The summed E-state index contributed by atoms with van der Waals surface area (Å²) >= 11 is 0. The van der Waals surface area contributed by atoms with E-state index in [-0.39, 0.29) is 17.6 Å². The fraction of sp³-hybridized carbons (Fsp3) is 0.526. The van der Waals surface area contributed by atoms with E-state index in [0.717, 1.165) is 0 Å². The van der Waals surface area contributed by atoms with Gasteiger partial charge in [-0.3, -0.25) is 14.4 Å².